The molecule has 0 aliphatic carbocycles. The Kier molecular flexibility index (Phi) is 47.5. The Bertz CT molecular complexity index is 1600. The Morgan fingerprint density at radius 2 is 0.814 bits per heavy atom. The first-order valence-corrected chi connectivity index (χ1v) is 26.8. The number of esters is 2. The second-order valence-electron chi connectivity index (χ2n) is 18.4. The molecule has 70 heavy (non-hydrogen) atoms. The zero-order valence-corrected chi connectivity index (χ0v) is 44.6. The van der Waals surface area contributed by atoms with Gasteiger partial charge in [0.05, 0.1) is 40.3 Å². The van der Waals surface area contributed by atoms with Gasteiger partial charge in [-0.2, -0.15) is 0 Å². The second-order valence-corrected chi connectivity index (χ2v) is 18.4. The quantitative estimate of drug-likeness (QED) is 0.0195. The SMILES string of the molecule is CC/C=C\C/C=C\C/C=C\C/C=C\C/C=C\C/C=C\C/C=C\C/C=C\C/C=C\C/C=C\C/C=C\CCCCCC(=O)OC(COC(=O)CCCCCCCCCC)COC(OCC[N+](C)(C)C)C(=O)[O-]. The summed E-state index contributed by atoms with van der Waals surface area (Å²) in [5.41, 5.74) is 0. The molecule has 394 valence electrons. The molecule has 0 saturated heterocycles. The van der Waals surface area contributed by atoms with Gasteiger partial charge in [-0.15, -0.1) is 0 Å². The van der Waals surface area contributed by atoms with Gasteiger partial charge in [0, 0.05) is 12.8 Å². The molecule has 0 radical (unpaired) electrons. The van der Waals surface area contributed by atoms with Crippen molar-refractivity contribution in [3.05, 3.63) is 134 Å². The third-order valence-electron chi connectivity index (χ3n) is 10.7. The predicted molar refractivity (Wildman–Crippen MR) is 292 cm³/mol. The molecule has 0 aliphatic rings. The van der Waals surface area contributed by atoms with Crippen molar-refractivity contribution in [2.45, 2.75) is 187 Å². The number of aliphatic carboxylic acids is 1. The van der Waals surface area contributed by atoms with Crippen LogP contribution in [0.3, 0.4) is 0 Å². The lowest BCUT2D eigenvalue weighted by Crippen LogP contribution is -2.44. The van der Waals surface area contributed by atoms with E-state index in [0.717, 1.165) is 109 Å². The number of ether oxygens (including phenoxy) is 4. The molecular weight excluding hydrogens is 875 g/mol. The number of carbonyl (C=O) groups is 3. The fourth-order valence-electron chi connectivity index (χ4n) is 6.54. The van der Waals surface area contributed by atoms with Gasteiger partial charge in [-0.3, -0.25) is 9.59 Å². The summed E-state index contributed by atoms with van der Waals surface area (Å²) >= 11 is 0. The van der Waals surface area contributed by atoms with Crippen molar-refractivity contribution in [1.29, 1.82) is 0 Å². The Balaban J connectivity index is 4.24. The highest BCUT2D eigenvalue weighted by Gasteiger charge is 2.21. The Hall–Kier alpha value is -4.57. The number of hydrogen-bond donors (Lipinski definition) is 0. The highest BCUT2D eigenvalue weighted by molar-refractivity contribution is 5.70. The first kappa shape index (κ1) is 65.4. The van der Waals surface area contributed by atoms with Crippen molar-refractivity contribution >= 4 is 17.9 Å². The van der Waals surface area contributed by atoms with Crippen LogP contribution in [0.1, 0.15) is 174 Å². The summed E-state index contributed by atoms with van der Waals surface area (Å²) in [5.74, 6) is -2.35. The molecule has 0 heterocycles. The number of carboxylic acid groups (broad SMARTS) is 1. The van der Waals surface area contributed by atoms with Crippen LogP contribution in [-0.2, 0) is 33.3 Å². The van der Waals surface area contributed by atoms with Crippen molar-refractivity contribution < 1.29 is 42.9 Å². The monoisotopic (exact) mass is 972 g/mol. The van der Waals surface area contributed by atoms with Gasteiger partial charge in [0.1, 0.15) is 13.2 Å². The zero-order chi connectivity index (χ0) is 51.3. The lowest BCUT2D eigenvalue weighted by molar-refractivity contribution is -0.870. The molecule has 0 aliphatic heterocycles. The van der Waals surface area contributed by atoms with Crippen LogP contribution in [0.4, 0.5) is 0 Å². The van der Waals surface area contributed by atoms with Gasteiger partial charge in [0.2, 0.25) is 0 Å². The molecule has 9 nitrogen and oxygen atoms in total. The smallest absolute Gasteiger partial charge is 0.306 e. The topological polar surface area (TPSA) is 111 Å². The van der Waals surface area contributed by atoms with E-state index in [9.17, 15) is 19.5 Å². The fraction of sp³-hybridized carbons (Fsp3) is 0.590. The van der Waals surface area contributed by atoms with Crippen LogP contribution in [0.5, 0.6) is 0 Å². The largest absolute Gasteiger partial charge is 0.545 e. The first-order chi connectivity index (χ1) is 34.1. The van der Waals surface area contributed by atoms with Crippen LogP contribution in [-0.4, -0.2) is 82.3 Å². The van der Waals surface area contributed by atoms with Gasteiger partial charge in [0.15, 0.2) is 12.4 Å². The maximum atomic E-state index is 12.8. The number of rotatable bonds is 47. The molecule has 2 atom stereocenters. The van der Waals surface area contributed by atoms with Crippen LogP contribution >= 0.6 is 0 Å². The number of hydrogen-bond acceptors (Lipinski definition) is 8. The van der Waals surface area contributed by atoms with Gasteiger partial charge in [0.25, 0.3) is 0 Å². The number of likely N-dealkylation sites (N-methyl/N-ethyl adjacent to an activating group) is 1. The number of quaternary nitrogens is 1. The molecule has 0 aromatic heterocycles. The van der Waals surface area contributed by atoms with E-state index in [1.807, 2.05) is 21.1 Å². The second kappa shape index (κ2) is 50.8. The van der Waals surface area contributed by atoms with Crippen molar-refractivity contribution in [3.63, 3.8) is 0 Å². The highest BCUT2D eigenvalue weighted by Crippen LogP contribution is 2.12. The lowest BCUT2D eigenvalue weighted by atomic mass is 10.1. The fourth-order valence-corrected chi connectivity index (χ4v) is 6.54. The Labute approximate surface area is 427 Å². The van der Waals surface area contributed by atoms with E-state index >= 15 is 0 Å². The number of carboxylic acids is 1. The van der Waals surface area contributed by atoms with Crippen molar-refractivity contribution in [1.82, 2.24) is 0 Å². The molecule has 0 N–H and O–H groups in total. The van der Waals surface area contributed by atoms with Crippen molar-refractivity contribution in [3.8, 4) is 0 Å². The summed E-state index contributed by atoms with van der Waals surface area (Å²) in [6, 6.07) is 0. The predicted octanol–water partition coefficient (Wildman–Crippen LogP) is 14.2. The third-order valence-corrected chi connectivity index (χ3v) is 10.7. The average molecular weight is 972 g/mol. The molecule has 0 fully saturated rings. The zero-order valence-electron chi connectivity index (χ0n) is 44.6. The van der Waals surface area contributed by atoms with Crippen LogP contribution in [0.15, 0.2) is 134 Å². The van der Waals surface area contributed by atoms with E-state index in [1.165, 1.54) is 32.1 Å². The summed E-state index contributed by atoms with van der Waals surface area (Å²) < 4.78 is 22.5. The minimum Gasteiger partial charge on any atom is -0.545 e. The normalized spacial score (nSPS) is 13.9. The van der Waals surface area contributed by atoms with Crippen LogP contribution in [0.25, 0.3) is 0 Å². The van der Waals surface area contributed by atoms with Crippen molar-refractivity contribution in [2.24, 2.45) is 0 Å². The first-order valence-electron chi connectivity index (χ1n) is 26.8. The Morgan fingerprint density at radius 3 is 1.21 bits per heavy atom. The molecule has 2 unspecified atom stereocenters. The molecule has 0 saturated carbocycles. The number of unbranched alkanes of at least 4 members (excludes halogenated alkanes) is 10. The van der Waals surface area contributed by atoms with E-state index in [0.29, 0.717) is 17.4 Å². The molecule has 0 aromatic rings. The van der Waals surface area contributed by atoms with E-state index < -0.39 is 24.3 Å². The maximum absolute atomic E-state index is 12.8. The Morgan fingerprint density at radius 1 is 0.443 bits per heavy atom. The summed E-state index contributed by atoms with van der Waals surface area (Å²) in [5, 5.41) is 11.7. The average Bonchev–Trinajstić information content (AvgIpc) is 3.33. The number of nitrogens with zero attached hydrogens (tertiary/aromatic N) is 1. The maximum Gasteiger partial charge on any atom is 0.306 e. The van der Waals surface area contributed by atoms with Gasteiger partial charge >= 0.3 is 11.9 Å². The summed E-state index contributed by atoms with van der Waals surface area (Å²) in [6.45, 7) is 4.52. The lowest BCUT2D eigenvalue weighted by Gasteiger charge is -2.26. The summed E-state index contributed by atoms with van der Waals surface area (Å²) in [4.78, 5) is 36.9. The molecule has 9 heteroatoms. The van der Waals surface area contributed by atoms with E-state index in [-0.39, 0.29) is 38.6 Å². The van der Waals surface area contributed by atoms with Crippen LogP contribution in [0.2, 0.25) is 0 Å². The van der Waals surface area contributed by atoms with Gasteiger partial charge in [-0.1, -0.05) is 199 Å². The highest BCUT2D eigenvalue weighted by atomic mass is 16.7. The third kappa shape index (κ3) is 51.3. The molecule has 0 aromatic carbocycles. The molecule has 0 bridgehead atoms. The summed E-state index contributed by atoms with van der Waals surface area (Å²) in [6.07, 6.45) is 69.5. The molecule has 0 amide bonds. The number of carbonyl (C=O) groups excluding carboxylic acids is 3. The van der Waals surface area contributed by atoms with Crippen molar-refractivity contribution in [2.75, 3.05) is 47.5 Å². The minimum atomic E-state index is -1.64. The van der Waals surface area contributed by atoms with E-state index in [1.54, 1.807) is 0 Å². The summed E-state index contributed by atoms with van der Waals surface area (Å²) in [7, 11) is 5.88. The van der Waals surface area contributed by atoms with Crippen LogP contribution in [0, 0.1) is 0 Å². The standard InChI is InChI=1S/C61H97NO8/c1-6-8-10-12-14-16-17-18-19-20-21-22-23-24-25-26-27-28-29-30-31-32-33-34-35-36-37-38-39-40-41-42-43-44-46-48-50-52-59(64)70-57(56-69-61(60(65)66)67-54-53-62(3,4)5)55-68-58(63)51-49-47-45-15-13-11-9-7-2/h8,10,14,16,18-19,21-22,24-25,27-28,30-31,33-34,36-37,39-40,42-43,57,61H,6-7,9,11-13,15,17,20,23,26,29,32,35,38,41,44-56H2,1-5H3/b10-8-,16-14-,19-18-,22-21-,25-24-,28-27-,31-30-,34-33-,37-36-,40-39-,43-42-. The minimum absolute atomic E-state index is 0.134. The van der Waals surface area contributed by atoms with Crippen LogP contribution < -0.4 is 5.11 Å². The number of allylic oxidation sites excluding steroid dienone is 22. The van der Waals surface area contributed by atoms with Gasteiger partial charge in [-0.05, 0) is 96.3 Å². The van der Waals surface area contributed by atoms with Gasteiger partial charge in [-0.25, -0.2) is 0 Å². The molecule has 0 spiro atoms. The van der Waals surface area contributed by atoms with E-state index in [4.69, 9.17) is 18.9 Å². The molecule has 0 rings (SSSR count). The molecular formula is C61H97NO8. The van der Waals surface area contributed by atoms with E-state index in [2.05, 4.69) is 148 Å². The van der Waals surface area contributed by atoms with Gasteiger partial charge < -0.3 is 33.3 Å².